The molecule has 3 heteroatoms. The molecule has 3 saturated carbocycles. The minimum atomic E-state index is -0.494. The third-order valence-corrected chi connectivity index (χ3v) is 7.41. The molecule has 0 aromatic heterocycles. The monoisotopic (exact) mass is 405 g/mol. The Hall–Kier alpha value is -2.13. The summed E-state index contributed by atoms with van der Waals surface area (Å²) in [5.74, 6) is 0.952. The molecule has 0 unspecified atom stereocenters. The van der Waals surface area contributed by atoms with Crippen LogP contribution in [-0.4, -0.2) is 36.6 Å². The van der Waals surface area contributed by atoms with Crippen LogP contribution in [0.2, 0.25) is 0 Å². The van der Waals surface area contributed by atoms with E-state index in [-0.39, 0.29) is 17.6 Å². The van der Waals surface area contributed by atoms with Crippen LogP contribution in [0.1, 0.15) is 63.0 Å². The van der Waals surface area contributed by atoms with Gasteiger partial charge in [-0.3, -0.25) is 4.79 Å². The lowest BCUT2D eigenvalue weighted by Gasteiger charge is -2.60. The third-order valence-electron chi connectivity index (χ3n) is 7.41. The predicted molar refractivity (Wildman–Crippen MR) is 121 cm³/mol. The Balaban J connectivity index is 1.80. The second-order valence-corrected chi connectivity index (χ2v) is 10.5. The smallest absolute Gasteiger partial charge is 0.311 e. The molecule has 3 atom stereocenters. The molecule has 0 N–H and O–H groups in total. The highest BCUT2D eigenvalue weighted by molar-refractivity contribution is 5.75. The van der Waals surface area contributed by atoms with Crippen LogP contribution in [0.3, 0.4) is 0 Å². The molecule has 2 bridgehead atoms. The van der Waals surface area contributed by atoms with Crippen LogP contribution in [0.15, 0.2) is 60.7 Å². The fourth-order valence-electron chi connectivity index (χ4n) is 5.71. The van der Waals surface area contributed by atoms with Gasteiger partial charge in [0, 0.05) is 17.9 Å². The molecule has 3 aliphatic rings. The van der Waals surface area contributed by atoms with Crippen LogP contribution in [-0.2, 0) is 9.53 Å². The molecule has 2 aromatic carbocycles. The van der Waals surface area contributed by atoms with Gasteiger partial charge in [0.05, 0.1) is 5.41 Å². The van der Waals surface area contributed by atoms with Crippen LogP contribution in [0, 0.1) is 11.3 Å². The SMILES string of the molecule is CN(C)C12C[C@@H](OC(=O)C(C)(C)C)C([C@H](c3ccccc3)C1)[C@H](c1ccccc1)C2. The van der Waals surface area contributed by atoms with E-state index >= 15 is 0 Å². The minimum Gasteiger partial charge on any atom is -0.462 e. The van der Waals surface area contributed by atoms with E-state index in [1.54, 1.807) is 0 Å². The minimum absolute atomic E-state index is 0.0264. The van der Waals surface area contributed by atoms with E-state index in [1.807, 2.05) is 20.8 Å². The lowest BCUT2D eigenvalue weighted by Crippen LogP contribution is -2.61. The summed E-state index contributed by atoms with van der Waals surface area (Å²) in [5, 5.41) is 0. The molecule has 0 aliphatic heterocycles. The summed E-state index contributed by atoms with van der Waals surface area (Å²) >= 11 is 0. The second-order valence-electron chi connectivity index (χ2n) is 10.5. The standard InChI is InChI=1S/C27H35NO2/c1-26(2,3)25(29)30-23-18-27(28(4)5)16-21(19-12-8-6-9-13-19)24(23)22(17-27)20-14-10-7-11-15-20/h6-15,21-24H,16-18H2,1-5H3/t21-,22-,23+,24?,27?/m0/s1. The zero-order valence-electron chi connectivity index (χ0n) is 19.0. The van der Waals surface area contributed by atoms with E-state index in [4.69, 9.17) is 4.74 Å². The van der Waals surface area contributed by atoms with Crippen LogP contribution < -0.4 is 0 Å². The number of rotatable bonds is 4. The number of benzene rings is 2. The van der Waals surface area contributed by atoms with Gasteiger partial charge in [0.15, 0.2) is 0 Å². The summed E-state index contributed by atoms with van der Waals surface area (Å²) in [4.78, 5) is 15.3. The molecule has 0 spiro atoms. The first-order valence-electron chi connectivity index (χ1n) is 11.2. The van der Waals surface area contributed by atoms with Gasteiger partial charge in [-0.1, -0.05) is 60.7 Å². The number of nitrogens with zero attached hydrogens (tertiary/aromatic N) is 1. The van der Waals surface area contributed by atoms with Crippen molar-refractivity contribution in [3.05, 3.63) is 71.8 Å². The Morgan fingerprint density at radius 2 is 1.33 bits per heavy atom. The first kappa shape index (κ1) is 21.1. The average Bonchev–Trinajstić information content (AvgIpc) is 2.74. The van der Waals surface area contributed by atoms with Gasteiger partial charge >= 0.3 is 5.97 Å². The first-order valence-corrected chi connectivity index (χ1v) is 11.2. The van der Waals surface area contributed by atoms with Gasteiger partial charge in [0.1, 0.15) is 6.10 Å². The number of esters is 1. The maximum Gasteiger partial charge on any atom is 0.311 e. The summed E-state index contributed by atoms with van der Waals surface area (Å²) in [7, 11) is 4.39. The van der Waals surface area contributed by atoms with E-state index in [0.717, 1.165) is 19.3 Å². The molecular weight excluding hydrogens is 370 g/mol. The molecule has 0 radical (unpaired) electrons. The van der Waals surface area contributed by atoms with Gasteiger partial charge in [0.2, 0.25) is 0 Å². The highest BCUT2D eigenvalue weighted by atomic mass is 16.5. The van der Waals surface area contributed by atoms with Gasteiger partial charge in [-0.15, -0.1) is 0 Å². The van der Waals surface area contributed by atoms with Crippen LogP contribution in [0.4, 0.5) is 0 Å². The third kappa shape index (κ3) is 3.80. The van der Waals surface area contributed by atoms with Crippen molar-refractivity contribution in [3.63, 3.8) is 0 Å². The fourth-order valence-corrected chi connectivity index (χ4v) is 5.71. The molecule has 2 aromatic rings. The summed E-state index contributed by atoms with van der Waals surface area (Å²) in [6, 6.07) is 21.7. The van der Waals surface area contributed by atoms with Gasteiger partial charge in [0.25, 0.3) is 0 Å². The Morgan fingerprint density at radius 1 is 0.867 bits per heavy atom. The van der Waals surface area contributed by atoms with Crippen LogP contribution >= 0.6 is 0 Å². The number of hydrogen-bond donors (Lipinski definition) is 0. The molecule has 3 nitrogen and oxygen atoms in total. The summed E-state index contributed by atoms with van der Waals surface area (Å²) in [6.45, 7) is 5.84. The Kier molecular flexibility index (Phi) is 5.52. The molecule has 30 heavy (non-hydrogen) atoms. The topological polar surface area (TPSA) is 29.5 Å². The highest BCUT2D eigenvalue weighted by Gasteiger charge is 2.58. The second kappa shape index (κ2) is 7.85. The van der Waals surface area contributed by atoms with Gasteiger partial charge in [-0.05, 0) is 70.7 Å². The molecular formula is C27H35NO2. The van der Waals surface area contributed by atoms with Gasteiger partial charge in [-0.25, -0.2) is 0 Å². The van der Waals surface area contributed by atoms with Crippen molar-refractivity contribution in [1.29, 1.82) is 0 Å². The molecule has 0 heterocycles. The van der Waals surface area contributed by atoms with E-state index in [0.29, 0.717) is 17.8 Å². The average molecular weight is 406 g/mol. The first-order chi connectivity index (χ1) is 14.2. The Labute approximate surface area is 181 Å². The lowest BCUT2D eigenvalue weighted by molar-refractivity contribution is -0.175. The normalized spacial score (nSPS) is 31.0. The molecule has 3 fully saturated rings. The molecule has 160 valence electrons. The number of ether oxygens (including phenoxy) is 1. The quantitative estimate of drug-likeness (QED) is 0.618. The maximum absolute atomic E-state index is 12.9. The van der Waals surface area contributed by atoms with Crippen molar-refractivity contribution in [2.75, 3.05) is 14.1 Å². The largest absolute Gasteiger partial charge is 0.462 e. The Bertz CT molecular complexity index is 819. The molecule has 3 aliphatic carbocycles. The molecule has 0 amide bonds. The van der Waals surface area contributed by atoms with E-state index in [1.165, 1.54) is 11.1 Å². The number of fused-ring (bicyclic) bond motifs is 3. The number of hydrogen-bond acceptors (Lipinski definition) is 3. The summed E-state index contributed by atoms with van der Waals surface area (Å²) in [5.41, 5.74) is 2.27. The number of carbonyl (C=O) groups is 1. The molecule has 5 rings (SSSR count). The predicted octanol–water partition coefficient (Wildman–Crippen LogP) is 5.63. The fraction of sp³-hybridized carbons (Fsp3) is 0.519. The van der Waals surface area contributed by atoms with E-state index in [2.05, 4.69) is 79.7 Å². The molecule has 0 saturated heterocycles. The highest BCUT2D eigenvalue weighted by Crippen LogP contribution is 2.60. The zero-order chi connectivity index (χ0) is 21.5. The Morgan fingerprint density at radius 3 is 1.73 bits per heavy atom. The van der Waals surface area contributed by atoms with Gasteiger partial charge in [-0.2, -0.15) is 0 Å². The maximum atomic E-state index is 12.9. The van der Waals surface area contributed by atoms with Crippen LogP contribution in [0.25, 0.3) is 0 Å². The van der Waals surface area contributed by atoms with Crippen molar-refractivity contribution in [3.8, 4) is 0 Å². The van der Waals surface area contributed by atoms with Crippen molar-refractivity contribution in [2.45, 2.75) is 63.5 Å². The van der Waals surface area contributed by atoms with Gasteiger partial charge < -0.3 is 9.64 Å². The van der Waals surface area contributed by atoms with Crippen LogP contribution in [0.5, 0.6) is 0 Å². The van der Waals surface area contributed by atoms with Crippen molar-refractivity contribution < 1.29 is 9.53 Å². The van der Waals surface area contributed by atoms with Crippen molar-refractivity contribution in [1.82, 2.24) is 4.90 Å². The summed E-state index contributed by atoms with van der Waals surface area (Å²) in [6.07, 6.45) is 3.07. The van der Waals surface area contributed by atoms with Crippen molar-refractivity contribution in [2.24, 2.45) is 11.3 Å². The number of carbonyl (C=O) groups excluding carboxylic acids is 1. The van der Waals surface area contributed by atoms with Crippen molar-refractivity contribution >= 4 is 5.97 Å². The van der Waals surface area contributed by atoms with E-state index < -0.39 is 5.41 Å². The lowest BCUT2D eigenvalue weighted by atomic mass is 9.51. The van der Waals surface area contributed by atoms with E-state index in [9.17, 15) is 4.79 Å². The zero-order valence-corrected chi connectivity index (χ0v) is 19.0. The summed E-state index contributed by atoms with van der Waals surface area (Å²) < 4.78 is 6.30.